The number of piperazine rings is 1. The Bertz CT molecular complexity index is 1280. The Morgan fingerprint density at radius 1 is 0.971 bits per heavy atom. The van der Waals surface area contributed by atoms with Crippen molar-refractivity contribution < 1.29 is 4.74 Å². The van der Waals surface area contributed by atoms with Crippen LogP contribution in [0.15, 0.2) is 54.7 Å². The Balaban J connectivity index is 1.42. The molecule has 0 spiro atoms. The molecule has 1 aliphatic heterocycles. The predicted octanol–water partition coefficient (Wildman–Crippen LogP) is 5.59. The molecule has 1 N–H and O–H groups in total. The number of nitrogens with one attached hydrogen (secondary N) is 1. The van der Waals surface area contributed by atoms with E-state index in [1.165, 1.54) is 11.3 Å². The first-order chi connectivity index (χ1) is 16.5. The van der Waals surface area contributed by atoms with Gasteiger partial charge in [0.15, 0.2) is 5.13 Å². The van der Waals surface area contributed by atoms with Gasteiger partial charge in [0, 0.05) is 43.0 Å². The van der Waals surface area contributed by atoms with Crippen LogP contribution in [0.25, 0.3) is 10.4 Å². The van der Waals surface area contributed by atoms with Crippen LogP contribution in [0.2, 0.25) is 10.0 Å². The molecule has 11 heteroatoms. The number of para-hydroxylation sites is 1. The van der Waals surface area contributed by atoms with Gasteiger partial charge in [0.05, 0.1) is 9.90 Å². The number of likely N-dealkylation sites (N-methyl/N-ethyl adjacent to an activating group) is 1. The van der Waals surface area contributed by atoms with Gasteiger partial charge in [0.1, 0.15) is 5.75 Å². The smallest absolute Gasteiger partial charge is 0.328 e. The number of hydrogen-bond acceptors (Lipinski definition) is 9. The molecule has 0 radical (unpaired) electrons. The second-order valence-electron chi connectivity index (χ2n) is 7.73. The van der Waals surface area contributed by atoms with E-state index in [-0.39, 0.29) is 6.01 Å². The Morgan fingerprint density at radius 3 is 2.53 bits per heavy atom. The summed E-state index contributed by atoms with van der Waals surface area (Å²) in [6.07, 6.45) is 1.76. The van der Waals surface area contributed by atoms with Crippen molar-refractivity contribution in [1.29, 1.82) is 0 Å². The van der Waals surface area contributed by atoms with Gasteiger partial charge in [0.25, 0.3) is 0 Å². The quantitative estimate of drug-likeness (QED) is 0.357. The lowest BCUT2D eigenvalue weighted by Gasteiger charge is -2.32. The first-order valence-electron chi connectivity index (χ1n) is 10.6. The van der Waals surface area contributed by atoms with Crippen molar-refractivity contribution in [2.75, 3.05) is 43.4 Å². The Kier molecular flexibility index (Phi) is 6.77. The van der Waals surface area contributed by atoms with E-state index in [1.807, 2.05) is 36.4 Å². The lowest BCUT2D eigenvalue weighted by Crippen LogP contribution is -2.45. The normalized spacial score (nSPS) is 14.3. The topological polar surface area (TPSA) is 79.3 Å². The average Bonchev–Trinajstić information content (AvgIpc) is 3.28. The zero-order valence-corrected chi connectivity index (χ0v) is 20.6. The molecule has 174 valence electrons. The third-order valence-electron chi connectivity index (χ3n) is 5.26. The van der Waals surface area contributed by atoms with Gasteiger partial charge in [0.2, 0.25) is 11.9 Å². The summed E-state index contributed by atoms with van der Waals surface area (Å²) in [5.74, 6) is 1.57. The SMILES string of the molecule is CN1CCN(c2nc(Nc3ncc(-c4ccc(Cl)cc4Cl)s3)nc(Oc3ccccc3)n2)CC1. The summed E-state index contributed by atoms with van der Waals surface area (Å²) in [6.45, 7) is 3.50. The van der Waals surface area contributed by atoms with E-state index in [0.717, 1.165) is 36.6 Å². The monoisotopic (exact) mass is 513 g/mol. The average molecular weight is 514 g/mol. The van der Waals surface area contributed by atoms with Crippen molar-refractivity contribution >= 4 is 51.6 Å². The van der Waals surface area contributed by atoms with Crippen LogP contribution in [0.3, 0.4) is 0 Å². The second-order valence-corrected chi connectivity index (χ2v) is 9.60. The number of benzene rings is 2. The highest BCUT2D eigenvalue weighted by Gasteiger charge is 2.20. The van der Waals surface area contributed by atoms with Crippen LogP contribution in [-0.2, 0) is 0 Å². The molecule has 34 heavy (non-hydrogen) atoms. The minimum absolute atomic E-state index is 0.218. The van der Waals surface area contributed by atoms with Crippen LogP contribution >= 0.6 is 34.5 Å². The van der Waals surface area contributed by atoms with E-state index >= 15 is 0 Å². The summed E-state index contributed by atoms with van der Waals surface area (Å²) < 4.78 is 5.92. The standard InChI is InChI=1S/C23H21Cl2N7OS/c1-31-9-11-32(12-10-31)21-27-20(28-22(30-21)33-16-5-3-2-4-6-16)29-23-26-14-19(34-23)17-8-7-15(24)13-18(17)25/h2-8,13-14H,9-12H2,1H3,(H,26,27,28,29,30). The molecule has 3 heterocycles. The molecule has 2 aromatic carbocycles. The third-order valence-corrected chi connectivity index (χ3v) is 6.76. The lowest BCUT2D eigenvalue weighted by atomic mass is 10.2. The zero-order chi connectivity index (χ0) is 23.5. The van der Waals surface area contributed by atoms with Gasteiger partial charge in [-0.15, -0.1) is 0 Å². The van der Waals surface area contributed by atoms with Crippen LogP contribution in [0, 0.1) is 0 Å². The van der Waals surface area contributed by atoms with Crippen molar-refractivity contribution in [3.05, 3.63) is 64.8 Å². The largest absolute Gasteiger partial charge is 0.424 e. The fourth-order valence-electron chi connectivity index (χ4n) is 3.43. The van der Waals surface area contributed by atoms with Gasteiger partial charge >= 0.3 is 6.01 Å². The van der Waals surface area contributed by atoms with E-state index in [2.05, 4.69) is 42.1 Å². The number of nitrogens with zero attached hydrogens (tertiary/aromatic N) is 6. The maximum atomic E-state index is 6.36. The highest BCUT2D eigenvalue weighted by Crippen LogP contribution is 2.36. The van der Waals surface area contributed by atoms with E-state index in [4.69, 9.17) is 27.9 Å². The van der Waals surface area contributed by atoms with Crippen LogP contribution in [-0.4, -0.2) is 58.1 Å². The summed E-state index contributed by atoms with van der Waals surface area (Å²) in [5, 5.41) is 4.98. The molecule has 0 aliphatic carbocycles. The minimum atomic E-state index is 0.218. The van der Waals surface area contributed by atoms with E-state index in [9.17, 15) is 0 Å². The number of thiazole rings is 1. The second kappa shape index (κ2) is 10.1. The number of hydrogen-bond donors (Lipinski definition) is 1. The molecular formula is C23H21Cl2N7OS. The highest BCUT2D eigenvalue weighted by atomic mass is 35.5. The molecule has 0 saturated carbocycles. The van der Waals surface area contributed by atoms with Crippen molar-refractivity contribution in [2.45, 2.75) is 0 Å². The van der Waals surface area contributed by atoms with E-state index in [1.54, 1.807) is 18.3 Å². The molecular weight excluding hydrogens is 493 g/mol. The van der Waals surface area contributed by atoms with Crippen molar-refractivity contribution in [1.82, 2.24) is 24.8 Å². The first kappa shape index (κ1) is 22.8. The fourth-order valence-corrected chi connectivity index (χ4v) is 4.85. The summed E-state index contributed by atoms with van der Waals surface area (Å²) >= 11 is 13.8. The summed E-state index contributed by atoms with van der Waals surface area (Å²) in [5.41, 5.74) is 0.860. The van der Waals surface area contributed by atoms with Gasteiger partial charge in [-0.3, -0.25) is 5.32 Å². The highest BCUT2D eigenvalue weighted by molar-refractivity contribution is 7.19. The van der Waals surface area contributed by atoms with Crippen molar-refractivity contribution in [3.63, 3.8) is 0 Å². The fraction of sp³-hybridized carbons (Fsp3) is 0.217. The van der Waals surface area contributed by atoms with Crippen molar-refractivity contribution in [3.8, 4) is 22.2 Å². The van der Waals surface area contributed by atoms with E-state index in [0.29, 0.717) is 32.8 Å². The molecule has 1 fully saturated rings. The number of rotatable bonds is 6. The van der Waals surface area contributed by atoms with E-state index < -0.39 is 0 Å². The number of halogens is 2. The molecule has 1 aliphatic rings. The summed E-state index contributed by atoms with van der Waals surface area (Å²) in [4.78, 5) is 23.5. The first-order valence-corrected chi connectivity index (χ1v) is 12.2. The Hall–Kier alpha value is -2.98. The predicted molar refractivity (Wildman–Crippen MR) is 137 cm³/mol. The van der Waals surface area contributed by atoms with Gasteiger partial charge in [-0.25, -0.2) is 4.98 Å². The molecule has 0 bridgehead atoms. The van der Waals surface area contributed by atoms with Crippen LogP contribution in [0.1, 0.15) is 0 Å². The van der Waals surface area contributed by atoms with Crippen LogP contribution in [0.4, 0.5) is 17.0 Å². The molecule has 2 aromatic heterocycles. The van der Waals surface area contributed by atoms with Gasteiger partial charge in [-0.1, -0.05) is 58.8 Å². The Labute approximate surface area is 211 Å². The van der Waals surface area contributed by atoms with Crippen molar-refractivity contribution in [2.24, 2.45) is 0 Å². The molecule has 8 nitrogen and oxygen atoms in total. The summed E-state index contributed by atoms with van der Waals surface area (Å²) in [6, 6.07) is 15.0. The molecule has 0 unspecified atom stereocenters. The number of anilines is 3. The maximum absolute atomic E-state index is 6.36. The number of aromatic nitrogens is 4. The molecule has 4 aromatic rings. The number of ether oxygens (including phenoxy) is 1. The van der Waals surface area contributed by atoms with Gasteiger partial charge < -0.3 is 14.5 Å². The lowest BCUT2D eigenvalue weighted by molar-refractivity contribution is 0.310. The third kappa shape index (κ3) is 5.39. The molecule has 1 saturated heterocycles. The molecule has 5 rings (SSSR count). The van der Waals surface area contributed by atoms with Gasteiger partial charge in [-0.05, 0) is 31.3 Å². The minimum Gasteiger partial charge on any atom is -0.424 e. The Morgan fingerprint density at radius 2 is 1.76 bits per heavy atom. The summed E-state index contributed by atoms with van der Waals surface area (Å²) in [7, 11) is 2.11. The molecule has 0 atom stereocenters. The zero-order valence-electron chi connectivity index (χ0n) is 18.3. The molecule has 0 amide bonds. The van der Waals surface area contributed by atoms with Crippen LogP contribution in [0.5, 0.6) is 11.8 Å². The van der Waals surface area contributed by atoms with Gasteiger partial charge in [-0.2, -0.15) is 15.0 Å². The maximum Gasteiger partial charge on any atom is 0.328 e. The van der Waals surface area contributed by atoms with Crippen LogP contribution < -0.4 is 15.0 Å².